The van der Waals surface area contributed by atoms with Crippen LogP contribution in [0.1, 0.15) is 33.1 Å². The number of nitrogens with zero attached hydrogens (tertiary/aromatic N) is 1. The van der Waals surface area contributed by atoms with Gasteiger partial charge in [-0.25, -0.2) is 5.53 Å². The van der Waals surface area contributed by atoms with Crippen molar-refractivity contribution in [3.8, 4) is 0 Å². The first-order chi connectivity index (χ1) is 13.2. The van der Waals surface area contributed by atoms with Crippen LogP contribution in [-0.2, 0) is 18.9 Å². The maximum atomic E-state index is 9.07. The molecule has 0 saturated heterocycles. The number of rotatable bonds is 21. The summed E-state index contributed by atoms with van der Waals surface area (Å²) in [5.74, 6) is 0. The first-order valence-corrected chi connectivity index (χ1v) is 9.73. The molecule has 0 radical (unpaired) electrons. The van der Waals surface area contributed by atoms with E-state index in [4.69, 9.17) is 29.6 Å². The predicted molar refractivity (Wildman–Crippen MR) is 104 cm³/mol. The second kappa shape index (κ2) is 21.2. The van der Waals surface area contributed by atoms with Gasteiger partial charge in [0.15, 0.2) is 0 Å². The zero-order valence-electron chi connectivity index (χ0n) is 16.9. The quantitative estimate of drug-likeness (QED) is 0.134. The topological polar surface area (TPSA) is 117 Å². The van der Waals surface area contributed by atoms with Crippen molar-refractivity contribution in [1.82, 2.24) is 10.6 Å². The van der Waals surface area contributed by atoms with Gasteiger partial charge in [0.1, 0.15) is 11.9 Å². The molecule has 0 fully saturated rings. The number of aliphatic hydroxyl groups is 1. The van der Waals surface area contributed by atoms with E-state index in [1.165, 1.54) is 0 Å². The summed E-state index contributed by atoms with van der Waals surface area (Å²) in [5, 5.41) is 18.6. The molecule has 0 aromatic carbocycles. The van der Waals surface area contributed by atoms with Crippen LogP contribution < -0.4 is 10.6 Å². The van der Waals surface area contributed by atoms with E-state index in [2.05, 4.69) is 22.7 Å². The van der Waals surface area contributed by atoms with Crippen LogP contribution in [-0.4, -0.2) is 77.3 Å². The van der Waals surface area contributed by atoms with Crippen LogP contribution in [0.2, 0.25) is 0 Å². The van der Waals surface area contributed by atoms with Crippen LogP contribution in [0.15, 0.2) is 17.0 Å². The smallest absolute Gasteiger partial charge is 0.104 e. The summed E-state index contributed by atoms with van der Waals surface area (Å²) in [7, 11) is 0. The monoisotopic (exact) mass is 390 g/mol. The predicted octanol–water partition coefficient (Wildman–Crippen LogP) is 1.63. The van der Waals surface area contributed by atoms with E-state index in [1.807, 2.05) is 0 Å². The fraction of sp³-hybridized carbons (Fsp3) is 0.889. The van der Waals surface area contributed by atoms with Crippen LogP contribution in [0.5, 0.6) is 0 Å². The van der Waals surface area contributed by atoms with Crippen LogP contribution in [0, 0.1) is 5.53 Å². The summed E-state index contributed by atoms with van der Waals surface area (Å²) >= 11 is 0. The van der Waals surface area contributed by atoms with Crippen LogP contribution in [0.4, 0.5) is 0 Å². The van der Waals surface area contributed by atoms with Gasteiger partial charge in [-0.2, -0.15) is 5.11 Å². The van der Waals surface area contributed by atoms with E-state index in [0.29, 0.717) is 45.3 Å². The summed E-state index contributed by atoms with van der Waals surface area (Å²) < 4.78 is 21.5. The maximum absolute atomic E-state index is 9.07. The van der Waals surface area contributed by atoms with Gasteiger partial charge < -0.3 is 29.4 Å². The molecule has 0 aromatic rings. The molecular formula is C18H38N4O5. The molecule has 0 amide bonds. The lowest BCUT2D eigenvalue weighted by molar-refractivity contribution is 0.000357. The molecule has 0 heterocycles. The summed E-state index contributed by atoms with van der Waals surface area (Å²) in [6.07, 6.45) is 4.17. The van der Waals surface area contributed by atoms with E-state index in [-0.39, 0.29) is 6.61 Å². The average Bonchev–Trinajstić information content (AvgIpc) is 2.66. The molecule has 0 aromatic heterocycles. The number of ether oxygens (including phenoxy) is 4. The molecule has 1 unspecified atom stereocenters. The molecule has 0 bridgehead atoms. The second-order valence-electron chi connectivity index (χ2n) is 5.93. The lowest BCUT2D eigenvalue weighted by Gasteiger charge is -2.08. The van der Waals surface area contributed by atoms with E-state index in [0.717, 1.165) is 39.0 Å². The maximum Gasteiger partial charge on any atom is 0.104 e. The third-order valence-corrected chi connectivity index (χ3v) is 3.31. The van der Waals surface area contributed by atoms with Crippen molar-refractivity contribution in [3.05, 3.63) is 11.9 Å². The van der Waals surface area contributed by atoms with Gasteiger partial charge in [-0.15, -0.1) is 0 Å². The van der Waals surface area contributed by atoms with Gasteiger partial charge in [-0.3, -0.25) is 5.32 Å². The molecular weight excluding hydrogens is 352 g/mol. The van der Waals surface area contributed by atoms with Crippen LogP contribution in [0.25, 0.3) is 0 Å². The summed E-state index contributed by atoms with van der Waals surface area (Å²) in [4.78, 5) is 0. The molecule has 0 rings (SSSR count). The van der Waals surface area contributed by atoms with E-state index >= 15 is 0 Å². The Labute approximate surface area is 163 Å². The SMILES string of the molecule is CCCOCCOCCOCCOC/C(=C/NCCCCNC(C)O)N=N. The summed E-state index contributed by atoms with van der Waals surface area (Å²) in [6, 6.07) is 0. The van der Waals surface area contributed by atoms with Crippen molar-refractivity contribution in [2.24, 2.45) is 5.11 Å². The van der Waals surface area contributed by atoms with Crippen molar-refractivity contribution in [2.45, 2.75) is 39.3 Å². The lowest BCUT2D eigenvalue weighted by Crippen LogP contribution is -2.26. The molecule has 1 atom stereocenters. The normalized spacial score (nSPS) is 12.9. The van der Waals surface area contributed by atoms with Gasteiger partial charge in [0.05, 0.1) is 46.2 Å². The third-order valence-electron chi connectivity index (χ3n) is 3.31. The van der Waals surface area contributed by atoms with Crippen molar-refractivity contribution in [3.63, 3.8) is 0 Å². The van der Waals surface area contributed by atoms with Crippen molar-refractivity contribution >= 4 is 0 Å². The Hall–Kier alpha value is -1.10. The van der Waals surface area contributed by atoms with E-state index < -0.39 is 6.23 Å². The Morgan fingerprint density at radius 2 is 1.52 bits per heavy atom. The lowest BCUT2D eigenvalue weighted by atomic mass is 10.3. The highest BCUT2D eigenvalue weighted by molar-refractivity contribution is 4.97. The molecule has 0 saturated carbocycles. The van der Waals surface area contributed by atoms with Gasteiger partial charge in [0, 0.05) is 19.4 Å². The van der Waals surface area contributed by atoms with Crippen molar-refractivity contribution in [1.29, 1.82) is 5.53 Å². The molecule has 9 nitrogen and oxygen atoms in total. The number of hydrogen-bond acceptors (Lipinski definition) is 9. The minimum absolute atomic E-state index is 0.273. The Kier molecular flexibility index (Phi) is 20.3. The number of unbranched alkanes of at least 4 members (excludes halogenated alkanes) is 1. The Bertz CT molecular complexity index is 357. The highest BCUT2D eigenvalue weighted by Gasteiger charge is 1.97. The molecule has 0 aliphatic heterocycles. The fourth-order valence-corrected chi connectivity index (χ4v) is 1.94. The number of nitrogens with one attached hydrogen (secondary N) is 3. The summed E-state index contributed by atoms with van der Waals surface area (Å²) in [6.45, 7) is 9.57. The second-order valence-corrected chi connectivity index (χ2v) is 5.93. The zero-order valence-corrected chi connectivity index (χ0v) is 16.9. The minimum atomic E-state index is -0.467. The molecule has 160 valence electrons. The van der Waals surface area contributed by atoms with Gasteiger partial charge >= 0.3 is 0 Å². The fourth-order valence-electron chi connectivity index (χ4n) is 1.94. The van der Waals surface area contributed by atoms with Gasteiger partial charge in [0.25, 0.3) is 0 Å². The molecule has 27 heavy (non-hydrogen) atoms. The Morgan fingerprint density at radius 1 is 0.963 bits per heavy atom. The van der Waals surface area contributed by atoms with Gasteiger partial charge in [-0.05, 0) is 32.7 Å². The molecule has 0 aliphatic carbocycles. The highest BCUT2D eigenvalue weighted by atomic mass is 16.6. The zero-order chi connectivity index (χ0) is 20.0. The number of aliphatic hydroxyl groups excluding tert-OH is 1. The van der Waals surface area contributed by atoms with E-state index in [9.17, 15) is 0 Å². The minimum Gasteiger partial charge on any atom is -0.389 e. The van der Waals surface area contributed by atoms with Crippen LogP contribution >= 0.6 is 0 Å². The number of hydrogen-bond donors (Lipinski definition) is 4. The molecule has 4 N–H and O–H groups in total. The first kappa shape index (κ1) is 25.9. The molecule has 9 heteroatoms. The van der Waals surface area contributed by atoms with Gasteiger partial charge in [0.2, 0.25) is 0 Å². The molecule has 0 spiro atoms. The van der Waals surface area contributed by atoms with Gasteiger partial charge in [-0.1, -0.05) is 6.92 Å². The van der Waals surface area contributed by atoms with Crippen molar-refractivity contribution in [2.75, 3.05) is 65.9 Å². The first-order valence-electron chi connectivity index (χ1n) is 9.73. The van der Waals surface area contributed by atoms with Crippen molar-refractivity contribution < 1.29 is 24.1 Å². The largest absolute Gasteiger partial charge is 0.389 e. The molecule has 0 aliphatic rings. The Morgan fingerprint density at radius 3 is 2.07 bits per heavy atom. The average molecular weight is 391 g/mol. The standard InChI is InChI=1S/C18H38N4O5/c1-3-8-24-9-10-25-11-12-26-13-14-27-16-18(22-19)15-20-6-4-5-7-21-17(2)23/h15,17,19-21,23H,3-14,16H2,1-2H3/b18-15-,22-19?. The van der Waals surface area contributed by atoms with Crippen LogP contribution in [0.3, 0.4) is 0 Å². The Balaban J connectivity index is 3.40. The summed E-state index contributed by atoms with van der Waals surface area (Å²) in [5.41, 5.74) is 7.68. The highest BCUT2D eigenvalue weighted by Crippen LogP contribution is 1.96. The third kappa shape index (κ3) is 21.1. The van der Waals surface area contributed by atoms with E-state index in [1.54, 1.807) is 13.1 Å².